The fourth-order valence-corrected chi connectivity index (χ4v) is 15.5. The van der Waals surface area contributed by atoms with Crippen LogP contribution in [0.5, 0.6) is 5.75 Å². The predicted molar refractivity (Wildman–Crippen MR) is 263 cm³/mol. The summed E-state index contributed by atoms with van der Waals surface area (Å²) in [7, 11) is -9.60. The first kappa shape index (κ1) is 52.6. The molecule has 0 N–H and O–H groups in total. The van der Waals surface area contributed by atoms with Crippen LogP contribution in [0.25, 0.3) is 0 Å². The van der Waals surface area contributed by atoms with Gasteiger partial charge in [-0.3, -0.25) is 10.1 Å². The van der Waals surface area contributed by atoms with Crippen molar-refractivity contribution < 1.29 is 41.6 Å². The first-order chi connectivity index (χ1) is 28.7. The summed E-state index contributed by atoms with van der Waals surface area (Å²) in [4.78, 5) is 26.6. The zero-order valence-electron chi connectivity index (χ0n) is 41.6. The van der Waals surface area contributed by atoms with Gasteiger partial charge in [-0.15, -0.1) is 0 Å². The predicted octanol–water partition coefficient (Wildman–Crippen LogP) is 11.1. The van der Waals surface area contributed by atoms with Gasteiger partial charge in [0.15, 0.2) is 36.8 Å². The number of rotatable bonds is 15. The molecule has 0 radical (unpaired) electrons. The third-order valence-corrected chi connectivity index (χ3v) is 32.4. The summed E-state index contributed by atoms with van der Waals surface area (Å²) in [5, 5.41) is 14.2. The molecule has 3 aromatic carbocycles. The number of ether oxygens (including phenoxy) is 3. The van der Waals surface area contributed by atoms with Crippen molar-refractivity contribution in [2.75, 3.05) is 7.11 Å². The SMILES string of the molecule is COC(=O)[C@H]1O[C@@H](Oc2ccc(CO[Si](c3ccccc3)(c3ccccc3)C(C)(C)C)cc2[N+](=O)[O-])[C@H](O[Si](C)(C)C(C)(C)C)[C@@H](O[Si](C)(C)C(C)(C)C)[C@@H]1O[Si](C)(C)C(C)(C)C. The Morgan fingerprint density at radius 1 is 0.635 bits per heavy atom. The third kappa shape index (κ3) is 11.5. The van der Waals surface area contributed by atoms with Crippen LogP contribution in [0, 0.1) is 10.1 Å². The highest BCUT2D eigenvalue weighted by molar-refractivity contribution is 6.99. The van der Waals surface area contributed by atoms with E-state index in [-0.39, 0.29) is 38.2 Å². The van der Waals surface area contributed by atoms with E-state index < -0.39 is 74.9 Å². The summed E-state index contributed by atoms with van der Waals surface area (Å²) < 4.78 is 47.8. The molecule has 1 aliphatic rings. The Kier molecular flexibility index (Phi) is 15.9. The maximum atomic E-state index is 14.0. The Labute approximate surface area is 382 Å². The minimum atomic E-state index is -2.97. The summed E-state index contributed by atoms with van der Waals surface area (Å²) in [6.07, 6.45) is -5.36. The van der Waals surface area contributed by atoms with Crippen LogP contribution in [0.4, 0.5) is 5.69 Å². The zero-order chi connectivity index (χ0) is 47.8. The fraction of sp³-hybridized carbons (Fsp3) is 0.604. The van der Waals surface area contributed by atoms with Gasteiger partial charge in [0.05, 0.1) is 18.6 Å². The largest absolute Gasteiger partial charge is 0.467 e. The van der Waals surface area contributed by atoms with Crippen LogP contribution in [0.15, 0.2) is 78.9 Å². The molecular formula is C48H77NO10Si4. The Morgan fingerprint density at radius 3 is 1.46 bits per heavy atom. The van der Waals surface area contributed by atoms with Gasteiger partial charge in [0, 0.05) is 6.07 Å². The van der Waals surface area contributed by atoms with Crippen LogP contribution >= 0.6 is 0 Å². The second-order valence-corrected chi connectivity index (χ2v) is 41.2. The first-order valence-corrected chi connectivity index (χ1v) is 32.8. The number of hydrogen-bond acceptors (Lipinski definition) is 10. The highest BCUT2D eigenvalue weighted by Crippen LogP contribution is 2.47. The summed E-state index contributed by atoms with van der Waals surface area (Å²) in [5.74, 6) is -0.700. The van der Waals surface area contributed by atoms with Gasteiger partial charge in [0.2, 0.25) is 6.29 Å². The Hall–Kier alpha value is -3.00. The van der Waals surface area contributed by atoms with Crippen LogP contribution in [0.2, 0.25) is 59.4 Å². The van der Waals surface area contributed by atoms with Crippen LogP contribution < -0.4 is 15.1 Å². The van der Waals surface area contributed by atoms with Crippen molar-refractivity contribution in [1.82, 2.24) is 0 Å². The third-order valence-electron chi connectivity index (χ3n) is 14.0. The fourth-order valence-electron chi connectivity index (χ4n) is 7.12. The van der Waals surface area contributed by atoms with Crippen molar-refractivity contribution in [3.05, 3.63) is 94.5 Å². The maximum Gasteiger partial charge on any atom is 0.337 e. The molecular weight excluding hydrogens is 863 g/mol. The summed E-state index contributed by atoms with van der Waals surface area (Å²) in [5.41, 5.74) is 0.333. The second-order valence-electron chi connectivity index (χ2n) is 22.6. The standard InChI is InChI=1S/C48H77NO10Si4/c1-45(2,3)60(14,15)57-39-40(58-61(16,17)46(4,5)6)42(59-62(18,19)47(7,8)9)44(56-41(39)43(50)53-13)55-38-31-30-34(32-37(38)49(51)52)33-54-63(48(10,11)12,35-26-22-20-23-27-35)36-28-24-21-25-29-36/h20-32,39-42,44H,33H2,1-19H3/t39-,40-,41-,42+,44+/m0/s1. The van der Waals surface area contributed by atoms with Gasteiger partial charge >= 0.3 is 11.7 Å². The Morgan fingerprint density at radius 2 is 1.06 bits per heavy atom. The van der Waals surface area contributed by atoms with Crippen molar-refractivity contribution in [3.63, 3.8) is 0 Å². The van der Waals surface area contributed by atoms with Crippen LogP contribution in [0.3, 0.4) is 0 Å². The zero-order valence-corrected chi connectivity index (χ0v) is 45.6. The number of esters is 1. The van der Waals surface area contributed by atoms with Crippen molar-refractivity contribution in [1.29, 1.82) is 0 Å². The molecule has 1 fully saturated rings. The van der Waals surface area contributed by atoms with E-state index in [1.165, 1.54) is 13.2 Å². The normalized spacial score (nSPS) is 20.9. The highest BCUT2D eigenvalue weighted by atomic mass is 28.4. The average molecular weight is 940 g/mol. The van der Waals surface area contributed by atoms with Gasteiger partial charge in [-0.1, -0.05) is 150 Å². The second kappa shape index (κ2) is 19.1. The number of nitro groups is 1. The van der Waals surface area contributed by atoms with Crippen molar-refractivity contribution >= 4 is 55.3 Å². The van der Waals surface area contributed by atoms with Crippen molar-refractivity contribution in [2.24, 2.45) is 0 Å². The molecule has 0 aliphatic carbocycles. The molecule has 11 nitrogen and oxygen atoms in total. The number of nitrogens with zero attached hydrogens (tertiary/aromatic N) is 1. The molecule has 1 saturated heterocycles. The highest BCUT2D eigenvalue weighted by Gasteiger charge is 2.59. The van der Waals surface area contributed by atoms with Crippen LogP contribution in [-0.4, -0.2) is 82.0 Å². The summed E-state index contributed by atoms with van der Waals surface area (Å²) in [6, 6.07) is 25.4. The number of carbonyl (C=O) groups is 1. The van der Waals surface area contributed by atoms with E-state index in [4.69, 9.17) is 31.9 Å². The molecule has 0 saturated carbocycles. The van der Waals surface area contributed by atoms with Crippen LogP contribution in [-0.2, 0) is 38.6 Å². The van der Waals surface area contributed by atoms with Gasteiger partial charge < -0.3 is 31.9 Å². The quantitative estimate of drug-likeness (QED) is 0.0629. The number of carbonyl (C=O) groups excluding carboxylic acids is 1. The van der Waals surface area contributed by atoms with E-state index in [1.54, 1.807) is 12.1 Å². The molecule has 0 amide bonds. The average Bonchev–Trinajstić information content (AvgIpc) is 3.16. The van der Waals surface area contributed by atoms with Gasteiger partial charge in [-0.2, -0.15) is 0 Å². The van der Waals surface area contributed by atoms with E-state index in [1.807, 2.05) is 36.4 Å². The molecule has 0 aromatic heterocycles. The van der Waals surface area contributed by atoms with E-state index in [2.05, 4.69) is 147 Å². The lowest BCUT2D eigenvalue weighted by Gasteiger charge is -2.53. The van der Waals surface area contributed by atoms with Gasteiger partial charge in [-0.25, -0.2) is 4.79 Å². The molecule has 0 spiro atoms. The van der Waals surface area contributed by atoms with E-state index in [9.17, 15) is 14.9 Å². The van der Waals surface area contributed by atoms with Gasteiger partial charge in [0.1, 0.15) is 18.3 Å². The lowest BCUT2D eigenvalue weighted by atomic mass is 9.99. The van der Waals surface area contributed by atoms with Crippen molar-refractivity contribution in [3.8, 4) is 5.75 Å². The molecule has 0 bridgehead atoms. The van der Waals surface area contributed by atoms with Gasteiger partial charge in [0.25, 0.3) is 8.32 Å². The first-order valence-electron chi connectivity index (χ1n) is 22.2. The summed E-state index contributed by atoms with van der Waals surface area (Å²) in [6.45, 7) is 38.8. The lowest BCUT2D eigenvalue weighted by Crippen LogP contribution is -2.69. The number of nitro benzene ring substituents is 1. The molecule has 1 aliphatic heterocycles. The minimum absolute atomic E-state index is 0.0403. The summed E-state index contributed by atoms with van der Waals surface area (Å²) >= 11 is 0. The molecule has 350 valence electrons. The van der Waals surface area contributed by atoms with Crippen molar-refractivity contribution in [2.45, 2.75) is 180 Å². The molecule has 5 atom stereocenters. The van der Waals surface area contributed by atoms with E-state index in [0.717, 1.165) is 10.4 Å². The smallest absolute Gasteiger partial charge is 0.337 e. The van der Waals surface area contributed by atoms with Gasteiger partial charge in [-0.05, 0) is 81.4 Å². The lowest BCUT2D eigenvalue weighted by molar-refractivity contribution is -0.387. The Balaban J connectivity index is 1.89. The molecule has 1 heterocycles. The maximum absolute atomic E-state index is 14.0. The molecule has 0 unspecified atom stereocenters. The van der Waals surface area contributed by atoms with Crippen LogP contribution in [0.1, 0.15) is 88.6 Å². The molecule has 3 aromatic rings. The minimum Gasteiger partial charge on any atom is -0.467 e. The number of methoxy groups -OCH3 is 1. The number of benzene rings is 3. The number of hydrogen-bond donors (Lipinski definition) is 0. The van der Waals surface area contributed by atoms with E-state index in [0.29, 0.717) is 5.56 Å². The monoisotopic (exact) mass is 939 g/mol. The molecule has 63 heavy (non-hydrogen) atoms. The van der Waals surface area contributed by atoms with E-state index >= 15 is 0 Å². The molecule has 4 rings (SSSR count). The Bertz CT molecular complexity index is 1980. The topological polar surface area (TPSA) is 125 Å². The molecule has 15 heteroatoms.